The Hall–Kier alpha value is -0.350. The standard InChI is InChI=1S/C8H3BrClF2IN2O2/c9-8(11,12)7(10)14-6-2-1-4(15(16)17)3-5(6)13/h1-3H. The van der Waals surface area contributed by atoms with Gasteiger partial charge >= 0.3 is 4.83 Å². The van der Waals surface area contributed by atoms with Crippen LogP contribution in [-0.2, 0) is 0 Å². The van der Waals surface area contributed by atoms with Crippen LogP contribution >= 0.6 is 50.1 Å². The van der Waals surface area contributed by atoms with Crippen molar-refractivity contribution in [1.82, 2.24) is 0 Å². The first-order valence-corrected chi connectivity index (χ1v) is 6.22. The smallest absolute Gasteiger partial charge is 0.258 e. The molecule has 0 heterocycles. The third-order valence-corrected chi connectivity index (χ3v) is 3.38. The molecule has 17 heavy (non-hydrogen) atoms. The van der Waals surface area contributed by atoms with E-state index < -0.39 is 14.9 Å². The summed E-state index contributed by atoms with van der Waals surface area (Å²) in [7, 11) is 0. The molecule has 0 fully saturated rings. The fourth-order valence-corrected chi connectivity index (χ4v) is 1.67. The molecule has 1 aromatic carbocycles. The van der Waals surface area contributed by atoms with E-state index in [2.05, 4.69) is 20.9 Å². The Balaban J connectivity index is 3.14. The van der Waals surface area contributed by atoms with E-state index in [0.29, 0.717) is 3.57 Å². The van der Waals surface area contributed by atoms with Crippen LogP contribution in [0.5, 0.6) is 0 Å². The molecule has 0 N–H and O–H groups in total. The number of nitro groups is 1. The van der Waals surface area contributed by atoms with Gasteiger partial charge < -0.3 is 0 Å². The summed E-state index contributed by atoms with van der Waals surface area (Å²) < 4.78 is 25.7. The molecule has 0 aliphatic carbocycles. The molecule has 9 heteroatoms. The molecule has 0 radical (unpaired) electrons. The highest BCUT2D eigenvalue weighted by Crippen LogP contribution is 2.31. The molecule has 0 saturated heterocycles. The lowest BCUT2D eigenvalue weighted by Crippen LogP contribution is -2.14. The number of benzene rings is 1. The summed E-state index contributed by atoms with van der Waals surface area (Å²) in [5.41, 5.74) is -0.00426. The van der Waals surface area contributed by atoms with Gasteiger partial charge in [0.2, 0.25) is 0 Å². The molecule has 0 aliphatic rings. The molecule has 0 bridgehead atoms. The number of alkyl halides is 3. The molecule has 92 valence electrons. The number of non-ortho nitro benzene ring substituents is 1. The molecule has 1 rings (SSSR count). The Morgan fingerprint density at radius 1 is 1.59 bits per heavy atom. The molecule has 0 unspecified atom stereocenters. The summed E-state index contributed by atoms with van der Waals surface area (Å²) in [5.74, 6) is 0. The van der Waals surface area contributed by atoms with Gasteiger partial charge in [-0.2, -0.15) is 8.78 Å². The Morgan fingerprint density at radius 2 is 2.18 bits per heavy atom. The molecular weight excluding hydrogens is 436 g/mol. The fourth-order valence-electron chi connectivity index (χ4n) is 0.869. The van der Waals surface area contributed by atoms with Crippen LogP contribution in [0.15, 0.2) is 23.2 Å². The van der Waals surface area contributed by atoms with E-state index in [4.69, 9.17) is 11.6 Å². The molecule has 4 nitrogen and oxygen atoms in total. The maximum atomic E-state index is 12.7. The monoisotopic (exact) mass is 438 g/mol. The van der Waals surface area contributed by atoms with Crippen molar-refractivity contribution in [2.75, 3.05) is 0 Å². The zero-order valence-corrected chi connectivity index (χ0v) is 12.3. The third-order valence-electron chi connectivity index (χ3n) is 1.59. The molecule has 0 atom stereocenters. The van der Waals surface area contributed by atoms with E-state index in [1.54, 1.807) is 22.6 Å². The minimum Gasteiger partial charge on any atom is -0.258 e. The number of nitro benzene ring substituents is 1. The molecule has 0 aliphatic heterocycles. The topological polar surface area (TPSA) is 55.5 Å². The number of rotatable bonds is 3. The first kappa shape index (κ1) is 14.7. The summed E-state index contributed by atoms with van der Waals surface area (Å²) in [4.78, 5) is 9.94. The predicted octanol–water partition coefficient (Wildman–Crippen LogP) is 4.46. The summed E-state index contributed by atoms with van der Waals surface area (Å²) in [6, 6.07) is 3.63. The summed E-state index contributed by atoms with van der Waals surface area (Å²) in [6.45, 7) is 0. The Bertz CT molecular complexity index is 493. The van der Waals surface area contributed by atoms with Crippen LogP contribution in [-0.4, -0.2) is 14.9 Å². The average molecular weight is 439 g/mol. The number of hydrogen-bond donors (Lipinski definition) is 0. The summed E-state index contributed by atoms with van der Waals surface area (Å²) >= 11 is 9.09. The SMILES string of the molecule is O=[N+]([O-])c1ccc(N=C(Cl)C(F)(F)Br)c(I)c1. The quantitative estimate of drug-likeness (QED) is 0.230. The predicted molar refractivity (Wildman–Crippen MR) is 72.6 cm³/mol. The number of hydrogen-bond acceptors (Lipinski definition) is 3. The maximum Gasteiger partial charge on any atom is 0.353 e. The summed E-state index contributed by atoms with van der Waals surface area (Å²) in [5, 5.41) is 9.52. The van der Waals surface area contributed by atoms with Crippen molar-refractivity contribution in [3.63, 3.8) is 0 Å². The first-order chi connectivity index (χ1) is 7.71. The fraction of sp³-hybridized carbons (Fsp3) is 0.125. The lowest BCUT2D eigenvalue weighted by atomic mass is 10.3. The minimum atomic E-state index is -3.42. The highest BCUT2D eigenvalue weighted by molar-refractivity contribution is 14.1. The molecule has 1 aromatic rings. The second-order valence-corrected chi connectivity index (χ2v) is 5.31. The number of aliphatic imine (C=N–C) groups is 1. The summed E-state index contributed by atoms with van der Waals surface area (Å²) in [6.07, 6.45) is 0. The van der Waals surface area contributed by atoms with Crippen molar-refractivity contribution < 1.29 is 13.7 Å². The number of halogens is 5. The van der Waals surface area contributed by atoms with Crippen molar-refractivity contribution >= 4 is 66.7 Å². The van der Waals surface area contributed by atoms with Crippen LogP contribution in [0, 0.1) is 13.7 Å². The Labute approximate surface area is 121 Å². The average Bonchev–Trinajstić information content (AvgIpc) is 2.19. The highest BCUT2D eigenvalue weighted by Gasteiger charge is 2.31. The van der Waals surface area contributed by atoms with Crippen molar-refractivity contribution in [1.29, 1.82) is 0 Å². The van der Waals surface area contributed by atoms with Crippen LogP contribution in [0.25, 0.3) is 0 Å². The van der Waals surface area contributed by atoms with Gasteiger partial charge in [-0.05, 0) is 44.6 Å². The van der Waals surface area contributed by atoms with Gasteiger partial charge in [0.15, 0.2) is 5.17 Å². The minimum absolute atomic E-state index is 0.139. The van der Waals surface area contributed by atoms with E-state index >= 15 is 0 Å². The third kappa shape index (κ3) is 4.11. The van der Waals surface area contributed by atoms with Crippen molar-refractivity contribution in [3.05, 3.63) is 31.9 Å². The normalized spacial score (nSPS) is 12.6. The van der Waals surface area contributed by atoms with Crippen molar-refractivity contribution in [2.24, 2.45) is 4.99 Å². The Kier molecular flexibility index (Phi) is 4.78. The van der Waals surface area contributed by atoms with E-state index in [1.807, 2.05) is 0 Å². The van der Waals surface area contributed by atoms with Gasteiger partial charge in [0.05, 0.1) is 10.6 Å². The van der Waals surface area contributed by atoms with Crippen LogP contribution < -0.4 is 0 Å². The van der Waals surface area contributed by atoms with Crippen molar-refractivity contribution in [2.45, 2.75) is 4.83 Å². The molecule has 0 spiro atoms. The van der Waals surface area contributed by atoms with Gasteiger partial charge in [-0.1, -0.05) is 11.6 Å². The molecule has 0 saturated carbocycles. The van der Waals surface area contributed by atoms with E-state index in [9.17, 15) is 18.9 Å². The van der Waals surface area contributed by atoms with Gasteiger partial charge in [0.25, 0.3) is 5.69 Å². The molecular formula is C8H3BrClF2IN2O2. The second kappa shape index (κ2) is 5.53. The lowest BCUT2D eigenvalue weighted by Gasteiger charge is -2.05. The van der Waals surface area contributed by atoms with E-state index in [0.717, 1.165) is 6.07 Å². The van der Waals surface area contributed by atoms with Gasteiger partial charge in [-0.3, -0.25) is 10.1 Å². The van der Waals surface area contributed by atoms with E-state index in [-0.39, 0.29) is 11.4 Å². The first-order valence-electron chi connectivity index (χ1n) is 3.97. The van der Waals surface area contributed by atoms with Gasteiger partial charge in [0, 0.05) is 15.7 Å². The van der Waals surface area contributed by atoms with Gasteiger partial charge in [-0.15, -0.1) is 0 Å². The largest absolute Gasteiger partial charge is 0.353 e. The molecule has 0 amide bonds. The highest BCUT2D eigenvalue weighted by atomic mass is 127. The molecule has 0 aromatic heterocycles. The second-order valence-electron chi connectivity index (χ2n) is 2.79. The number of nitrogens with zero attached hydrogens (tertiary/aromatic N) is 2. The lowest BCUT2D eigenvalue weighted by molar-refractivity contribution is -0.384. The maximum absolute atomic E-state index is 12.7. The van der Waals surface area contributed by atoms with Gasteiger partial charge in [0.1, 0.15) is 0 Å². The Morgan fingerprint density at radius 3 is 2.59 bits per heavy atom. The van der Waals surface area contributed by atoms with Crippen LogP contribution in [0.2, 0.25) is 0 Å². The van der Waals surface area contributed by atoms with Gasteiger partial charge in [-0.25, -0.2) is 4.99 Å². The van der Waals surface area contributed by atoms with Crippen LogP contribution in [0.4, 0.5) is 20.2 Å². The van der Waals surface area contributed by atoms with E-state index in [1.165, 1.54) is 12.1 Å². The van der Waals surface area contributed by atoms with Crippen LogP contribution in [0.1, 0.15) is 0 Å². The van der Waals surface area contributed by atoms with Crippen molar-refractivity contribution in [3.8, 4) is 0 Å². The zero-order chi connectivity index (χ0) is 13.2. The van der Waals surface area contributed by atoms with Crippen LogP contribution in [0.3, 0.4) is 0 Å². The zero-order valence-electron chi connectivity index (χ0n) is 7.83.